The molecule has 1 aliphatic heterocycles. The van der Waals surface area contributed by atoms with Crippen molar-refractivity contribution in [3.63, 3.8) is 0 Å². The number of para-hydroxylation sites is 1. The Hall–Kier alpha value is -1.55. The minimum Gasteiger partial charge on any atom is -0.369 e. The van der Waals surface area contributed by atoms with Crippen LogP contribution in [0.15, 0.2) is 30.3 Å². The first-order chi connectivity index (χ1) is 9.39. The third kappa shape index (κ3) is 3.31. The molecular weight excluding hydrogens is 250 g/mol. The zero-order valence-electron chi connectivity index (χ0n) is 12.7. The SMILES string of the molecule is CN(C(=O)C(C)(C)N)C1CCCN(c2ccccc2)C1. The van der Waals surface area contributed by atoms with Crippen LogP contribution in [0.1, 0.15) is 26.7 Å². The maximum atomic E-state index is 12.3. The second-order valence-electron chi connectivity index (χ2n) is 6.22. The van der Waals surface area contributed by atoms with Crippen LogP contribution in [0, 0.1) is 0 Å². The molecule has 1 heterocycles. The Morgan fingerprint density at radius 3 is 2.60 bits per heavy atom. The number of hydrogen-bond donors (Lipinski definition) is 1. The van der Waals surface area contributed by atoms with Gasteiger partial charge in [0.05, 0.1) is 5.54 Å². The molecule has 110 valence electrons. The number of rotatable bonds is 3. The average molecular weight is 275 g/mol. The van der Waals surface area contributed by atoms with Crippen LogP contribution in [0.5, 0.6) is 0 Å². The predicted octanol–water partition coefficient (Wildman–Crippen LogP) is 1.85. The van der Waals surface area contributed by atoms with Gasteiger partial charge in [-0.2, -0.15) is 0 Å². The normalized spacial score (nSPS) is 19.8. The first-order valence-corrected chi connectivity index (χ1v) is 7.26. The molecule has 0 bridgehead atoms. The lowest BCUT2D eigenvalue weighted by atomic mass is 9.99. The number of benzene rings is 1. The number of nitrogens with zero attached hydrogens (tertiary/aromatic N) is 2. The molecule has 1 amide bonds. The largest absolute Gasteiger partial charge is 0.369 e. The van der Waals surface area contributed by atoms with Crippen LogP contribution in [0.2, 0.25) is 0 Å². The molecule has 1 saturated heterocycles. The summed E-state index contributed by atoms with van der Waals surface area (Å²) in [5, 5.41) is 0. The van der Waals surface area contributed by atoms with E-state index in [4.69, 9.17) is 5.73 Å². The minimum atomic E-state index is -0.802. The first kappa shape index (κ1) is 14.9. The van der Waals surface area contributed by atoms with E-state index >= 15 is 0 Å². The third-order valence-electron chi connectivity index (χ3n) is 3.94. The monoisotopic (exact) mass is 275 g/mol. The van der Waals surface area contributed by atoms with Gasteiger partial charge in [-0.05, 0) is 38.8 Å². The van der Waals surface area contributed by atoms with Gasteiger partial charge in [0.25, 0.3) is 0 Å². The molecule has 2 N–H and O–H groups in total. The number of likely N-dealkylation sites (N-methyl/N-ethyl adjacent to an activating group) is 1. The Morgan fingerprint density at radius 2 is 2.00 bits per heavy atom. The van der Waals surface area contributed by atoms with Crippen molar-refractivity contribution in [3.05, 3.63) is 30.3 Å². The summed E-state index contributed by atoms with van der Waals surface area (Å²) in [6.45, 7) is 5.46. The maximum absolute atomic E-state index is 12.3. The maximum Gasteiger partial charge on any atom is 0.242 e. The molecule has 1 aromatic carbocycles. The molecule has 1 aliphatic rings. The van der Waals surface area contributed by atoms with Gasteiger partial charge in [0, 0.05) is 31.9 Å². The fourth-order valence-electron chi connectivity index (χ4n) is 2.76. The standard InChI is InChI=1S/C16H25N3O/c1-16(2,17)15(20)18(3)14-10-7-11-19(12-14)13-8-5-4-6-9-13/h4-6,8-9,14H,7,10-12,17H2,1-3H3. The van der Waals surface area contributed by atoms with Crippen molar-refractivity contribution in [2.75, 3.05) is 25.0 Å². The van der Waals surface area contributed by atoms with Gasteiger partial charge in [0.1, 0.15) is 0 Å². The number of piperidine rings is 1. The van der Waals surface area contributed by atoms with E-state index in [9.17, 15) is 4.79 Å². The van der Waals surface area contributed by atoms with Gasteiger partial charge in [0.15, 0.2) is 0 Å². The highest BCUT2D eigenvalue weighted by Crippen LogP contribution is 2.22. The number of carbonyl (C=O) groups is 1. The van der Waals surface area contributed by atoms with Crippen LogP contribution >= 0.6 is 0 Å². The molecule has 4 heteroatoms. The molecule has 1 fully saturated rings. The van der Waals surface area contributed by atoms with Gasteiger partial charge in [-0.3, -0.25) is 4.79 Å². The van der Waals surface area contributed by atoms with E-state index in [0.717, 1.165) is 25.9 Å². The van der Waals surface area contributed by atoms with Crippen LogP contribution in [0.25, 0.3) is 0 Å². The highest BCUT2D eigenvalue weighted by Gasteiger charge is 2.32. The van der Waals surface area contributed by atoms with Crippen molar-refractivity contribution < 1.29 is 4.79 Å². The van der Waals surface area contributed by atoms with Gasteiger partial charge in [-0.15, -0.1) is 0 Å². The molecule has 1 aromatic rings. The van der Waals surface area contributed by atoms with E-state index in [1.54, 1.807) is 13.8 Å². The van der Waals surface area contributed by atoms with Crippen molar-refractivity contribution in [1.82, 2.24) is 4.90 Å². The van der Waals surface area contributed by atoms with Crippen molar-refractivity contribution in [2.45, 2.75) is 38.3 Å². The molecule has 1 unspecified atom stereocenters. The molecule has 0 saturated carbocycles. The summed E-state index contributed by atoms with van der Waals surface area (Å²) in [6, 6.07) is 10.6. The van der Waals surface area contributed by atoms with E-state index < -0.39 is 5.54 Å². The van der Waals surface area contributed by atoms with E-state index in [2.05, 4.69) is 29.2 Å². The van der Waals surface area contributed by atoms with Crippen LogP contribution in [0.3, 0.4) is 0 Å². The van der Waals surface area contributed by atoms with Crippen LogP contribution in [-0.2, 0) is 4.79 Å². The molecule has 1 atom stereocenters. The fraction of sp³-hybridized carbons (Fsp3) is 0.562. The summed E-state index contributed by atoms with van der Waals surface area (Å²) in [7, 11) is 1.87. The molecule has 0 radical (unpaired) electrons. The van der Waals surface area contributed by atoms with Crippen LogP contribution in [0.4, 0.5) is 5.69 Å². The molecule has 0 aromatic heterocycles. The van der Waals surface area contributed by atoms with E-state index in [1.165, 1.54) is 5.69 Å². The Kier molecular flexibility index (Phi) is 4.33. The van der Waals surface area contributed by atoms with Crippen molar-refractivity contribution in [3.8, 4) is 0 Å². The summed E-state index contributed by atoms with van der Waals surface area (Å²) in [5.74, 6) is 0.0115. The summed E-state index contributed by atoms with van der Waals surface area (Å²) in [4.78, 5) is 16.5. The second-order valence-corrected chi connectivity index (χ2v) is 6.22. The van der Waals surface area contributed by atoms with Crippen molar-refractivity contribution in [2.24, 2.45) is 5.73 Å². The Morgan fingerprint density at radius 1 is 1.35 bits per heavy atom. The first-order valence-electron chi connectivity index (χ1n) is 7.26. The summed E-state index contributed by atoms with van der Waals surface area (Å²) in [5.41, 5.74) is 6.35. The number of hydrogen-bond acceptors (Lipinski definition) is 3. The molecule has 4 nitrogen and oxygen atoms in total. The third-order valence-corrected chi connectivity index (χ3v) is 3.94. The smallest absolute Gasteiger partial charge is 0.242 e. The lowest BCUT2D eigenvalue weighted by Gasteiger charge is -2.40. The molecular formula is C16H25N3O. The molecule has 0 aliphatic carbocycles. The Balaban J connectivity index is 2.06. The van der Waals surface area contributed by atoms with Crippen molar-refractivity contribution in [1.29, 1.82) is 0 Å². The van der Waals surface area contributed by atoms with Gasteiger partial charge >= 0.3 is 0 Å². The molecule has 0 spiro atoms. The summed E-state index contributed by atoms with van der Waals surface area (Å²) >= 11 is 0. The van der Waals surface area contributed by atoms with Gasteiger partial charge < -0.3 is 15.5 Å². The molecule has 2 rings (SSSR count). The lowest BCUT2D eigenvalue weighted by molar-refractivity contribution is -0.136. The zero-order chi connectivity index (χ0) is 14.8. The number of carbonyl (C=O) groups excluding carboxylic acids is 1. The summed E-state index contributed by atoms with van der Waals surface area (Å²) < 4.78 is 0. The van der Waals surface area contributed by atoms with E-state index in [0.29, 0.717) is 0 Å². The second kappa shape index (κ2) is 5.83. The van der Waals surface area contributed by atoms with Crippen molar-refractivity contribution >= 4 is 11.6 Å². The zero-order valence-corrected chi connectivity index (χ0v) is 12.7. The predicted molar refractivity (Wildman–Crippen MR) is 82.7 cm³/mol. The number of anilines is 1. The lowest BCUT2D eigenvalue weighted by Crippen LogP contribution is -2.56. The number of amides is 1. The fourth-order valence-corrected chi connectivity index (χ4v) is 2.76. The van der Waals surface area contributed by atoms with Gasteiger partial charge in [0.2, 0.25) is 5.91 Å². The van der Waals surface area contributed by atoms with Gasteiger partial charge in [-0.1, -0.05) is 18.2 Å². The van der Waals surface area contributed by atoms with Crippen LogP contribution in [-0.4, -0.2) is 42.5 Å². The highest BCUT2D eigenvalue weighted by atomic mass is 16.2. The minimum absolute atomic E-state index is 0.0115. The van der Waals surface area contributed by atoms with Crippen LogP contribution < -0.4 is 10.6 Å². The number of nitrogens with two attached hydrogens (primary N) is 1. The average Bonchev–Trinajstić information content (AvgIpc) is 2.46. The highest BCUT2D eigenvalue weighted by molar-refractivity contribution is 5.85. The van der Waals surface area contributed by atoms with E-state index in [-0.39, 0.29) is 11.9 Å². The Bertz CT molecular complexity index is 453. The van der Waals surface area contributed by atoms with Gasteiger partial charge in [-0.25, -0.2) is 0 Å². The van der Waals surface area contributed by atoms with E-state index in [1.807, 2.05) is 18.0 Å². The Labute approximate surface area is 121 Å². The molecule has 20 heavy (non-hydrogen) atoms. The summed E-state index contributed by atoms with van der Waals surface area (Å²) in [6.07, 6.45) is 2.14. The quantitative estimate of drug-likeness (QED) is 0.916. The topological polar surface area (TPSA) is 49.6 Å².